The lowest BCUT2D eigenvalue weighted by molar-refractivity contribution is -0.143. The van der Waals surface area contributed by atoms with Crippen molar-refractivity contribution < 1.29 is 19.1 Å². The first kappa shape index (κ1) is 23.6. The van der Waals surface area contributed by atoms with Crippen LogP contribution in [0.3, 0.4) is 0 Å². The highest BCUT2D eigenvalue weighted by Crippen LogP contribution is 2.10. The summed E-state index contributed by atoms with van der Waals surface area (Å²) in [6.45, 7) is 5.10. The van der Waals surface area contributed by atoms with Crippen LogP contribution in [0.25, 0.3) is 16.7 Å². The number of pyridine rings is 1. The van der Waals surface area contributed by atoms with E-state index in [1.807, 2.05) is 0 Å². The standard InChI is InChI=1S/C21H24N6O6/c1-21(2,3)33-19(30)25-15(18(29)32-5)8-12-6-7-13(9-23-12)27-17(28)14-10-22-11-24-16(14)26(4)20(27)31/h6-7,9-11,15H,8H2,1-5H3,(H,25,30)/t15-/m0/s1. The Balaban J connectivity index is 1.89. The number of carbonyl (C=O) groups excluding carboxylic acids is 2. The summed E-state index contributed by atoms with van der Waals surface area (Å²) in [4.78, 5) is 61.9. The number of hydrogen-bond donors (Lipinski definition) is 1. The SMILES string of the molecule is COC(=O)[C@H](Cc1ccc(-n2c(=O)c3cncnc3n(C)c2=O)cn1)NC(=O)OC(C)(C)C. The molecule has 1 amide bonds. The minimum atomic E-state index is -1.04. The smallest absolute Gasteiger partial charge is 0.408 e. The highest BCUT2D eigenvalue weighted by atomic mass is 16.6. The van der Waals surface area contributed by atoms with Gasteiger partial charge < -0.3 is 14.8 Å². The molecule has 0 aliphatic heterocycles. The number of esters is 1. The number of nitrogens with one attached hydrogen (secondary N) is 1. The first-order valence-electron chi connectivity index (χ1n) is 9.96. The molecule has 33 heavy (non-hydrogen) atoms. The van der Waals surface area contributed by atoms with Crippen LogP contribution >= 0.6 is 0 Å². The van der Waals surface area contributed by atoms with E-state index in [0.717, 1.165) is 4.57 Å². The number of methoxy groups -OCH3 is 1. The molecule has 3 rings (SSSR count). The average Bonchev–Trinajstić information content (AvgIpc) is 2.76. The maximum atomic E-state index is 12.8. The summed E-state index contributed by atoms with van der Waals surface area (Å²) >= 11 is 0. The molecule has 3 aromatic rings. The van der Waals surface area contributed by atoms with Crippen LogP contribution < -0.4 is 16.6 Å². The summed E-state index contributed by atoms with van der Waals surface area (Å²) in [5, 5.41) is 2.64. The summed E-state index contributed by atoms with van der Waals surface area (Å²) < 4.78 is 12.1. The highest BCUT2D eigenvalue weighted by Gasteiger charge is 2.26. The van der Waals surface area contributed by atoms with Crippen LogP contribution in [0.4, 0.5) is 4.79 Å². The third-order valence-corrected chi connectivity index (χ3v) is 4.58. The zero-order valence-corrected chi connectivity index (χ0v) is 18.9. The second-order valence-electron chi connectivity index (χ2n) is 8.18. The minimum absolute atomic E-state index is 0.00463. The van der Waals surface area contributed by atoms with E-state index in [1.165, 1.54) is 43.5 Å². The summed E-state index contributed by atoms with van der Waals surface area (Å²) in [7, 11) is 2.70. The normalized spacial score (nSPS) is 12.3. The van der Waals surface area contributed by atoms with Gasteiger partial charge in [-0.05, 0) is 32.9 Å². The van der Waals surface area contributed by atoms with Crippen LogP contribution in [0, 0.1) is 0 Å². The van der Waals surface area contributed by atoms with Crippen molar-refractivity contribution in [3.05, 3.63) is 57.4 Å². The van der Waals surface area contributed by atoms with Crippen LogP contribution in [-0.2, 0) is 27.7 Å². The second-order valence-corrected chi connectivity index (χ2v) is 8.18. The lowest BCUT2D eigenvalue weighted by Gasteiger charge is -2.22. The molecule has 0 saturated carbocycles. The Kier molecular flexibility index (Phi) is 6.56. The molecule has 0 fully saturated rings. The molecule has 0 radical (unpaired) electrons. The van der Waals surface area contributed by atoms with Crippen LogP contribution in [0.1, 0.15) is 26.5 Å². The molecule has 12 heteroatoms. The number of rotatable bonds is 5. The molecule has 0 aromatic carbocycles. The Bertz CT molecular complexity index is 1310. The van der Waals surface area contributed by atoms with Gasteiger partial charge in [0.2, 0.25) is 0 Å². The lowest BCUT2D eigenvalue weighted by atomic mass is 10.1. The van der Waals surface area contributed by atoms with Gasteiger partial charge in [-0.25, -0.2) is 28.9 Å². The van der Waals surface area contributed by atoms with E-state index in [4.69, 9.17) is 9.47 Å². The molecule has 0 unspecified atom stereocenters. The van der Waals surface area contributed by atoms with Crippen molar-refractivity contribution in [2.45, 2.75) is 38.8 Å². The average molecular weight is 456 g/mol. The molecular formula is C21H24N6O6. The van der Waals surface area contributed by atoms with Crippen molar-refractivity contribution >= 4 is 23.1 Å². The molecule has 12 nitrogen and oxygen atoms in total. The van der Waals surface area contributed by atoms with E-state index in [0.29, 0.717) is 5.69 Å². The molecule has 0 aliphatic carbocycles. The fourth-order valence-electron chi connectivity index (χ4n) is 3.08. The minimum Gasteiger partial charge on any atom is -0.467 e. The summed E-state index contributed by atoms with van der Waals surface area (Å²) in [5.74, 6) is -0.675. The summed E-state index contributed by atoms with van der Waals surface area (Å²) in [6.07, 6.45) is 3.15. The number of nitrogens with zero attached hydrogens (tertiary/aromatic N) is 5. The van der Waals surface area contributed by atoms with Crippen molar-refractivity contribution in [3.63, 3.8) is 0 Å². The number of fused-ring (bicyclic) bond motifs is 1. The molecule has 3 heterocycles. The Morgan fingerprint density at radius 2 is 1.88 bits per heavy atom. The van der Waals surface area contributed by atoms with Gasteiger partial charge >= 0.3 is 17.8 Å². The molecule has 0 aliphatic rings. The molecule has 3 aromatic heterocycles. The maximum Gasteiger partial charge on any atom is 0.408 e. The molecule has 0 spiro atoms. The Morgan fingerprint density at radius 3 is 2.48 bits per heavy atom. The monoisotopic (exact) mass is 456 g/mol. The fourth-order valence-corrected chi connectivity index (χ4v) is 3.08. The van der Waals surface area contributed by atoms with E-state index in [9.17, 15) is 19.2 Å². The topological polar surface area (TPSA) is 147 Å². The van der Waals surface area contributed by atoms with Crippen LogP contribution in [0.15, 0.2) is 40.4 Å². The first-order chi connectivity index (χ1) is 15.5. The van der Waals surface area contributed by atoms with Gasteiger partial charge in [0, 0.05) is 25.4 Å². The Morgan fingerprint density at radius 1 is 1.15 bits per heavy atom. The van der Waals surface area contributed by atoms with Crippen molar-refractivity contribution in [3.8, 4) is 5.69 Å². The number of ether oxygens (including phenoxy) is 2. The van der Waals surface area contributed by atoms with E-state index in [1.54, 1.807) is 26.8 Å². The molecule has 0 bridgehead atoms. The summed E-state index contributed by atoms with van der Waals surface area (Å²) in [6, 6.07) is 2.01. The zero-order valence-electron chi connectivity index (χ0n) is 18.9. The van der Waals surface area contributed by atoms with Crippen molar-refractivity contribution in [1.82, 2.24) is 29.4 Å². The van der Waals surface area contributed by atoms with Gasteiger partial charge in [0.05, 0.1) is 19.0 Å². The molecular weight excluding hydrogens is 432 g/mol. The number of amides is 1. The van der Waals surface area contributed by atoms with E-state index >= 15 is 0 Å². The summed E-state index contributed by atoms with van der Waals surface area (Å²) in [5.41, 5.74) is -1.06. The van der Waals surface area contributed by atoms with Gasteiger partial charge in [0.25, 0.3) is 5.56 Å². The molecule has 0 saturated heterocycles. The van der Waals surface area contributed by atoms with Gasteiger partial charge in [-0.3, -0.25) is 14.3 Å². The van der Waals surface area contributed by atoms with Gasteiger partial charge in [0.15, 0.2) is 5.65 Å². The number of hydrogen-bond acceptors (Lipinski definition) is 9. The van der Waals surface area contributed by atoms with Crippen LogP contribution in [0.2, 0.25) is 0 Å². The van der Waals surface area contributed by atoms with Crippen LogP contribution in [-0.4, -0.2) is 54.9 Å². The number of aryl methyl sites for hydroxylation is 1. The maximum absolute atomic E-state index is 12.8. The van der Waals surface area contributed by atoms with E-state index in [-0.39, 0.29) is 23.1 Å². The van der Waals surface area contributed by atoms with Gasteiger partial charge in [-0.1, -0.05) is 0 Å². The molecule has 1 atom stereocenters. The predicted octanol–water partition coefficient (Wildman–Crippen LogP) is 0.483. The van der Waals surface area contributed by atoms with Crippen LogP contribution in [0.5, 0.6) is 0 Å². The lowest BCUT2D eigenvalue weighted by Crippen LogP contribution is -2.45. The van der Waals surface area contributed by atoms with Crippen molar-refractivity contribution in [2.75, 3.05) is 7.11 Å². The molecule has 174 valence electrons. The number of alkyl carbamates (subject to hydrolysis) is 1. The molecule has 1 N–H and O–H groups in total. The third-order valence-electron chi connectivity index (χ3n) is 4.58. The quantitative estimate of drug-likeness (QED) is 0.541. The first-order valence-corrected chi connectivity index (χ1v) is 9.96. The third kappa shape index (κ3) is 5.22. The van der Waals surface area contributed by atoms with E-state index < -0.39 is 35.0 Å². The highest BCUT2D eigenvalue weighted by molar-refractivity contribution is 5.81. The Hall–Kier alpha value is -4.09. The van der Waals surface area contributed by atoms with E-state index in [2.05, 4.69) is 20.3 Å². The zero-order chi connectivity index (χ0) is 24.3. The van der Waals surface area contributed by atoms with Gasteiger partial charge in [0.1, 0.15) is 23.4 Å². The van der Waals surface area contributed by atoms with Gasteiger partial charge in [-0.2, -0.15) is 0 Å². The Labute approximate surface area is 188 Å². The largest absolute Gasteiger partial charge is 0.467 e. The van der Waals surface area contributed by atoms with Crippen molar-refractivity contribution in [1.29, 1.82) is 0 Å². The number of carbonyl (C=O) groups is 2. The fraction of sp³-hybridized carbons (Fsp3) is 0.381. The van der Waals surface area contributed by atoms with Gasteiger partial charge in [-0.15, -0.1) is 0 Å². The number of aromatic nitrogens is 5. The second kappa shape index (κ2) is 9.18. The van der Waals surface area contributed by atoms with Crippen molar-refractivity contribution in [2.24, 2.45) is 7.05 Å². The predicted molar refractivity (Wildman–Crippen MR) is 117 cm³/mol.